The van der Waals surface area contributed by atoms with Gasteiger partial charge in [-0.1, -0.05) is 45.4 Å². The molecule has 0 aliphatic rings. The van der Waals surface area contributed by atoms with Gasteiger partial charge in [-0.2, -0.15) is 0 Å². The molecule has 3 heteroatoms. The molecule has 0 aliphatic heterocycles. The Morgan fingerprint density at radius 2 is 1.79 bits per heavy atom. The molecule has 1 atom stereocenters. The molecule has 0 aliphatic carbocycles. The van der Waals surface area contributed by atoms with E-state index in [-0.39, 0.29) is 18.2 Å². The first kappa shape index (κ1) is 17.6. The second-order valence-corrected chi connectivity index (χ2v) is 5.13. The number of carbonyl (C=O) groups excluding carboxylic acids is 1. The Hall–Kier alpha value is -1.35. The summed E-state index contributed by atoms with van der Waals surface area (Å²) in [6.45, 7) is 6.51. The fraction of sp³-hybridized carbons (Fsp3) is 0.562. The Morgan fingerprint density at radius 1 is 1.16 bits per heavy atom. The smallest absolute Gasteiger partial charge is 0.338 e. The van der Waals surface area contributed by atoms with Crippen LogP contribution >= 0.6 is 0 Å². The van der Waals surface area contributed by atoms with Crippen molar-refractivity contribution in [2.24, 2.45) is 5.92 Å². The van der Waals surface area contributed by atoms with Crippen LogP contribution in [0.2, 0.25) is 0 Å². The highest BCUT2D eigenvalue weighted by molar-refractivity contribution is 5.89. The molecule has 0 radical (unpaired) electrons. The Morgan fingerprint density at radius 3 is 2.32 bits per heavy atom. The highest BCUT2D eigenvalue weighted by atomic mass is 16.5. The SMILES string of the molecule is CCC(CCCC(C)C)OC(=O)c1ccccc1.N. The number of esters is 1. The minimum absolute atomic E-state index is 0. The van der Waals surface area contributed by atoms with Crippen LogP contribution in [0.25, 0.3) is 0 Å². The summed E-state index contributed by atoms with van der Waals surface area (Å²) in [7, 11) is 0. The Bertz CT molecular complexity index is 349. The predicted octanol–water partition coefficient (Wildman–Crippen LogP) is 4.61. The molecular weight excluding hydrogens is 238 g/mol. The summed E-state index contributed by atoms with van der Waals surface area (Å²) in [5, 5.41) is 0. The first-order valence-corrected chi connectivity index (χ1v) is 6.89. The molecule has 0 heterocycles. The maximum absolute atomic E-state index is 11.9. The van der Waals surface area contributed by atoms with E-state index in [2.05, 4.69) is 20.8 Å². The second-order valence-electron chi connectivity index (χ2n) is 5.13. The monoisotopic (exact) mass is 265 g/mol. The number of ether oxygens (including phenoxy) is 1. The Balaban J connectivity index is 0.00000324. The van der Waals surface area contributed by atoms with Crippen LogP contribution in [0.4, 0.5) is 0 Å². The van der Waals surface area contributed by atoms with E-state index in [9.17, 15) is 4.79 Å². The molecule has 1 aromatic rings. The number of hydrogen-bond donors (Lipinski definition) is 1. The summed E-state index contributed by atoms with van der Waals surface area (Å²) in [5.41, 5.74) is 0.639. The van der Waals surface area contributed by atoms with Crippen LogP contribution < -0.4 is 6.15 Å². The van der Waals surface area contributed by atoms with E-state index in [0.29, 0.717) is 11.5 Å². The van der Waals surface area contributed by atoms with Crippen molar-refractivity contribution in [2.45, 2.75) is 52.6 Å². The molecule has 1 aromatic carbocycles. The zero-order valence-electron chi connectivity index (χ0n) is 12.4. The van der Waals surface area contributed by atoms with E-state index in [4.69, 9.17) is 4.74 Å². The molecule has 3 N–H and O–H groups in total. The van der Waals surface area contributed by atoms with Gasteiger partial charge in [0.1, 0.15) is 6.10 Å². The molecule has 0 fully saturated rings. The van der Waals surface area contributed by atoms with Gasteiger partial charge in [-0.3, -0.25) is 0 Å². The van der Waals surface area contributed by atoms with Crippen molar-refractivity contribution in [1.82, 2.24) is 6.15 Å². The van der Waals surface area contributed by atoms with Crippen LogP contribution in [-0.4, -0.2) is 12.1 Å². The first-order chi connectivity index (χ1) is 8.63. The molecule has 1 unspecified atom stereocenters. The van der Waals surface area contributed by atoms with Gasteiger partial charge in [0.2, 0.25) is 0 Å². The van der Waals surface area contributed by atoms with Crippen LogP contribution in [0, 0.1) is 5.92 Å². The van der Waals surface area contributed by atoms with E-state index in [1.54, 1.807) is 12.1 Å². The Kier molecular flexibility index (Phi) is 8.88. The predicted molar refractivity (Wildman–Crippen MR) is 79.6 cm³/mol. The lowest BCUT2D eigenvalue weighted by atomic mass is 10.0. The highest BCUT2D eigenvalue weighted by Crippen LogP contribution is 2.14. The average molecular weight is 265 g/mol. The number of carbonyl (C=O) groups is 1. The molecule has 0 aromatic heterocycles. The summed E-state index contributed by atoms with van der Waals surface area (Å²) in [6, 6.07) is 9.20. The van der Waals surface area contributed by atoms with Gasteiger partial charge in [-0.15, -0.1) is 0 Å². The largest absolute Gasteiger partial charge is 0.459 e. The van der Waals surface area contributed by atoms with Gasteiger partial charge in [-0.25, -0.2) is 4.79 Å². The lowest BCUT2D eigenvalue weighted by Crippen LogP contribution is -2.17. The molecule has 0 saturated heterocycles. The van der Waals surface area contributed by atoms with E-state index < -0.39 is 0 Å². The summed E-state index contributed by atoms with van der Waals surface area (Å²) in [6.07, 6.45) is 4.22. The van der Waals surface area contributed by atoms with Crippen molar-refractivity contribution in [3.63, 3.8) is 0 Å². The normalized spacial score (nSPS) is 11.8. The number of benzene rings is 1. The minimum atomic E-state index is -0.202. The second kappa shape index (κ2) is 9.56. The van der Waals surface area contributed by atoms with Crippen molar-refractivity contribution in [3.8, 4) is 0 Å². The summed E-state index contributed by atoms with van der Waals surface area (Å²) < 4.78 is 5.53. The quantitative estimate of drug-likeness (QED) is 0.732. The van der Waals surface area contributed by atoms with E-state index in [1.807, 2.05) is 18.2 Å². The molecule has 1 rings (SSSR count). The van der Waals surface area contributed by atoms with E-state index >= 15 is 0 Å². The lowest BCUT2D eigenvalue weighted by molar-refractivity contribution is 0.0265. The van der Waals surface area contributed by atoms with Crippen LogP contribution in [0.15, 0.2) is 30.3 Å². The maximum atomic E-state index is 11.9. The third-order valence-corrected chi connectivity index (χ3v) is 3.05. The standard InChI is InChI=1S/C16H24O2.H3N/c1-4-15(12-8-9-13(2)3)18-16(17)14-10-6-5-7-11-14;/h5-7,10-11,13,15H,4,8-9,12H2,1-3H3;1H3. The molecule has 0 bridgehead atoms. The van der Waals surface area contributed by atoms with Gasteiger partial charge < -0.3 is 10.9 Å². The summed E-state index contributed by atoms with van der Waals surface area (Å²) in [4.78, 5) is 11.9. The zero-order chi connectivity index (χ0) is 13.4. The van der Waals surface area contributed by atoms with E-state index in [1.165, 1.54) is 6.42 Å². The lowest BCUT2D eigenvalue weighted by Gasteiger charge is -2.16. The van der Waals surface area contributed by atoms with Crippen molar-refractivity contribution in [3.05, 3.63) is 35.9 Å². The van der Waals surface area contributed by atoms with Crippen molar-refractivity contribution < 1.29 is 9.53 Å². The van der Waals surface area contributed by atoms with Gasteiger partial charge in [-0.05, 0) is 37.3 Å². The third kappa shape index (κ3) is 6.97. The minimum Gasteiger partial charge on any atom is -0.459 e. The van der Waals surface area contributed by atoms with Gasteiger partial charge in [0.05, 0.1) is 5.56 Å². The molecule has 0 saturated carbocycles. The van der Waals surface area contributed by atoms with Crippen LogP contribution in [0.3, 0.4) is 0 Å². The topological polar surface area (TPSA) is 61.3 Å². The van der Waals surface area contributed by atoms with Gasteiger partial charge >= 0.3 is 5.97 Å². The average Bonchev–Trinajstić information content (AvgIpc) is 2.38. The van der Waals surface area contributed by atoms with Gasteiger partial charge in [0.25, 0.3) is 0 Å². The molecule has 0 amide bonds. The first-order valence-electron chi connectivity index (χ1n) is 6.89. The molecule has 19 heavy (non-hydrogen) atoms. The fourth-order valence-corrected chi connectivity index (χ4v) is 1.89. The van der Waals surface area contributed by atoms with Crippen molar-refractivity contribution in [1.29, 1.82) is 0 Å². The zero-order valence-corrected chi connectivity index (χ0v) is 12.4. The molecule has 0 spiro atoms. The van der Waals surface area contributed by atoms with Crippen LogP contribution in [0.1, 0.15) is 56.8 Å². The van der Waals surface area contributed by atoms with Crippen molar-refractivity contribution >= 4 is 5.97 Å². The molecular formula is C16H27NO2. The highest BCUT2D eigenvalue weighted by Gasteiger charge is 2.13. The maximum Gasteiger partial charge on any atom is 0.338 e. The van der Waals surface area contributed by atoms with Crippen molar-refractivity contribution in [2.75, 3.05) is 0 Å². The molecule has 108 valence electrons. The third-order valence-electron chi connectivity index (χ3n) is 3.05. The number of rotatable bonds is 7. The number of hydrogen-bond acceptors (Lipinski definition) is 3. The van der Waals surface area contributed by atoms with Crippen LogP contribution in [-0.2, 0) is 4.74 Å². The van der Waals surface area contributed by atoms with Gasteiger partial charge in [0.15, 0.2) is 0 Å². The summed E-state index contributed by atoms with van der Waals surface area (Å²) in [5.74, 6) is 0.513. The Labute approximate surface area is 116 Å². The summed E-state index contributed by atoms with van der Waals surface area (Å²) >= 11 is 0. The molecule has 3 nitrogen and oxygen atoms in total. The van der Waals surface area contributed by atoms with Gasteiger partial charge in [0, 0.05) is 0 Å². The fourth-order valence-electron chi connectivity index (χ4n) is 1.89. The van der Waals surface area contributed by atoms with E-state index in [0.717, 1.165) is 19.3 Å². The van der Waals surface area contributed by atoms with Crippen LogP contribution in [0.5, 0.6) is 0 Å².